The number of amides is 1. The van der Waals surface area contributed by atoms with Crippen LogP contribution in [0.3, 0.4) is 0 Å². The number of hydrazine groups is 3. The second-order valence-electron chi connectivity index (χ2n) is 6.23. The Hall–Kier alpha value is -3.72. The molecule has 9 heteroatoms. The van der Waals surface area contributed by atoms with Crippen molar-refractivity contribution in [1.29, 1.82) is 0 Å². The smallest absolute Gasteiger partial charge is 0.307 e. The fraction of sp³-hybridized carbons (Fsp3) is 0.158. The number of anilines is 1. The van der Waals surface area contributed by atoms with Crippen molar-refractivity contribution in [2.75, 3.05) is 18.6 Å². The van der Waals surface area contributed by atoms with E-state index in [0.717, 1.165) is 5.56 Å². The van der Waals surface area contributed by atoms with E-state index in [0.29, 0.717) is 41.7 Å². The topological polar surface area (TPSA) is 112 Å². The molecule has 4 N–H and O–H groups in total. The zero-order valence-corrected chi connectivity index (χ0v) is 14.8. The molecule has 1 amide bonds. The number of carbonyl (C=O) groups excluding carboxylic acids is 1. The highest BCUT2D eigenvalue weighted by atomic mass is 16.6. The van der Waals surface area contributed by atoms with Crippen LogP contribution in [0.1, 0.15) is 11.1 Å². The molecule has 144 valence electrons. The summed E-state index contributed by atoms with van der Waals surface area (Å²) in [5.74, 6) is 0.148. The van der Waals surface area contributed by atoms with Crippen LogP contribution in [0.25, 0.3) is 6.08 Å². The summed E-state index contributed by atoms with van der Waals surface area (Å²) in [5, 5.41) is 10.1. The molecule has 2 aliphatic rings. The van der Waals surface area contributed by atoms with Gasteiger partial charge in [0.15, 0.2) is 11.5 Å². The third kappa shape index (κ3) is 3.99. The van der Waals surface area contributed by atoms with Crippen LogP contribution >= 0.6 is 0 Å². The van der Waals surface area contributed by atoms with Crippen LogP contribution in [0.4, 0.5) is 5.69 Å². The molecule has 2 heterocycles. The SMILES string of the molecule is O=C(O)Cc1ccc(NN2NC(=O)C(=Cc3ccc4c(c3)OCCO4)N2)cc1. The zero-order valence-electron chi connectivity index (χ0n) is 14.8. The number of carboxylic acids is 1. The Balaban J connectivity index is 1.42. The standard InChI is InChI=1S/C19H18N4O5/c24-18(25)11-12-1-4-14(5-2-12)20-23-21-15(19(26)22-23)9-13-3-6-16-17(10-13)28-8-7-27-16/h1-6,9-10,20-21H,7-8,11H2,(H,22,26)(H,24,25). The van der Waals surface area contributed by atoms with Crippen LogP contribution in [0.15, 0.2) is 48.2 Å². The summed E-state index contributed by atoms with van der Waals surface area (Å²) in [6.45, 7) is 1.02. The summed E-state index contributed by atoms with van der Waals surface area (Å²) in [6.07, 6.45) is 1.66. The molecule has 0 unspecified atom stereocenters. The zero-order chi connectivity index (χ0) is 19.5. The van der Waals surface area contributed by atoms with Crippen LogP contribution in [-0.4, -0.2) is 35.4 Å². The highest BCUT2D eigenvalue weighted by Gasteiger charge is 2.24. The van der Waals surface area contributed by atoms with Crippen molar-refractivity contribution >= 4 is 23.6 Å². The molecule has 28 heavy (non-hydrogen) atoms. The van der Waals surface area contributed by atoms with Crippen LogP contribution < -0.4 is 25.8 Å². The minimum Gasteiger partial charge on any atom is -0.486 e. The first-order valence-electron chi connectivity index (χ1n) is 8.63. The number of benzene rings is 2. The van der Waals surface area contributed by atoms with Crippen molar-refractivity contribution in [2.24, 2.45) is 0 Å². The number of fused-ring (bicyclic) bond motifs is 1. The fourth-order valence-corrected chi connectivity index (χ4v) is 2.83. The summed E-state index contributed by atoms with van der Waals surface area (Å²) in [5.41, 5.74) is 11.1. The van der Waals surface area contributed by atoms with Gasteiger partial charge in [-0.15, -0.1) is 0 Å². The first-order valence-corrected chi connectivity index (χ1v) is 8.63. The van der Waals surface area contributed by atoms with Crippen LogP contribution in [-0.2, 0) is 16.0 Å². The molecule has 1 saturated heterocycles. The number of hydrogen-bond acceptors (Lipinski definition) is 7. The molecule has 2 aliphatic heterocycles. The minimum absolute atomic E-state index is 0.0403. The quantitative estimate of drug-likeness (QED) is 0.573. The minimum atomic E-state index is -0.886. The Morgan fingerprint density at radius 1 is 1.11 bits per heavy atom. The van der Waals surface area contributed by atoms with Gasteiger partial charge in [0.2, 0.25) is 0 Å². The summed E-state index contributed by atoms with van der Waals surface area (Å²) in [6, 6.07) is 12.3. The number of nitrogens with zero attached hydrogens (tertiary/aromatic N) is 1. The number of ether oxygens (including phenoxy) is 2. The van der Waals surface area contributed by atoms with Gasteiger partial charge < -0.3 is 14.6 Å². The molecule has 0 radical (unpaired) electrons. The number of aliphatic carboxylic acids is 1. The van der Waals surface area contributed by atoms with Crippen molar-refractivity contribution in [2.45, 2.75) is 6.42 Å². The van der Waals surface area contributed by atoms with Crippen LogP contribution in [0.5, 0.6) is 11.5 Å². The van der Waals surface area contributed by atoms with Gasteiger partial charge in [-0.2, -0.15) is 0 Å². The fourth-order valence-electron chi connectivity index (χ4n) is 2.83. The second kappa shape index (κ2) is 7.49. The van der Waals surface area contributed by atoms with E-state index in [9.17, 15) is 9.59 Å². The third-order valence-corrected chi connectivity index (χ3v) is 4.12. The lowest BCUT2D eigenvalue weighted by atomic mass is 10.1. The van der Waals surface area contributed by atoms with Gasteiger partial charge in [0.05, 0.1) is 12.1 Å². The predicted octanol–water partition coefficient (Wildman–Crippen LogP) is 1.30. The van der Waals surface area contributed by atoms with E-state index < -0.39 is 5.97 Å². The van der Waals surface area contributed by atoms with Gasteiger partial charge in [-0.1, -0.05) is 18.2 Å². The lowest BCUT2D eigenvalue weighted by Gasteiger charge is -2.18. The van der Waals surface area contributed by atoms with Gasteiger partial charge in [0.1, 0.15) is 18.9 Å². The van der Waals surface area contributed by atoms with E-state index in [2.05, 4.69) is 16.3 Å². The molecule has 2 aromatic rings. The Morgan fingerprint density at radius 2 is 1.86 bits per heavy atom. The number of rotatable bonds is 5. The van der Waals surface area contributed by atoms with Crippen molar-refractivity contribution in [3.8, 4) is 11.5 Å². The van der Waals surface area contributed by atoms with Gasteiger partial charge >= 0.3 is 5.97 Å². The average molecular weight is 382 g/mol. The van der Waals surface area contributed by atoms with Crippen LogP contribution in [0.2, 0.25) is 0 Å². The molecule has 0 aliphatic carbocycles. The van der Waals surface area contributed by atoms with Crippen molar-refractivity contribution in [3.05, 3.63) is 59.3 Å². The van der Waals surface area contributed by atoms with Gasteiger partial charge in [-0.3, -0.25) is 20.4 Å². The average Bonchev–Trinajstić information content (AvgIpc) is 3.02. The molecule has 4 rings (SSSR count). The molecule has 0 aromatic heterocycles. The van der Waals surface area contributed by atoms with E-state index in [-0.39, 0.29) is 12.3 Å². The molecule has 1 fully saturated rings. The highest BCUT2D eigenvalue weighted by Crippen LogP contribution is 2.31. The van der Waals surface area contributed by atoms with E-state index in [4.69, 9.17) is 14.6 Å². The maximum Gasteiger partial charge on any atom is 0.307 e. The normalized spacial score (nSPS) is 17.1. The predicted molar refractivity (Wildman–Crippen MR) is 99.9 cm³/mol. The van der Waals surface area contributed by atoms with Crippen molar-refractivity contribution in [1.82, 2.24) is 16.1 Å². The van der Waals surface area contributed by atoms with E-state index >= 15 is 0 Å². The first kappa shape index (κ1) is 17.7. The Bertz CT molecular complexity index is 942. The molecule has 9 nitrogen and oxygen atoms in total. The summed E-state index contributed by atoms with van der Waals surface area (Å²) >= 11 is 0. The first-order chi connectivity index (χ1) is 13.6. The largest absolute Gasteiger partial charge is 0.486 e. The van der Waals surface area contributed by atoms with E-state index in [1.54, 1.807) is 30.3 Å². The number of nitrogens with one attached hydrogen (secondary N) is 3. The van der Waals surface area contributed by atoms with Gasteiger partial charge in [0, 0.05) is 0 Å². The molecule has 0 bridgehead atoms. The monoisotopic (exact) mass is 382 g/mol. The van der Waals surface area contributed by atoms with Gasteiger partial charge in [-0.25, -0.2) is 5.43 Å². The molecule has 0 spiro atoms. The number of carbonyl (C=O) groups is 2. The lowest BCUT2D eigenvalue weighted by Crippen LogP contribution is -2.43. The van der Waals surface area contributed by atoms with Crippen molar-refractivity contribution < 1.29 is 24.2 Å². The van der Waals surface area contributed by atoms with E-state index in [1.807, 2.05) is 18.2 Å². The molecule has 0 atom stereocenters. The maximum absolute atomic E-state index is 12.2. The number of hydrogen-bond donors (Lipinski definition) is 4. The summed E-state index contributed by atoms with van der Waals surface area (Å²) in [7, 11) is 0. The van der Waals surface area contributed by atoms with Gasteiger partial charge in [-0.05, 0) is 46.7 Å². The molecular weight excluding hydrogens is 364 g/mol. The van der Waals surface area contributed by atoms with E-state index in [1.165, 1.54) is 5.23 Å². The van der Waals surface area contributed by atoms with Gasteiger partial charge in [0.25, 0.3) is 5.91 Å². The summed E-state index contributed by atoms with van der Waals surface area (Å²) < 4.78 is 11.0. The second-order valence-corrected chi connectivity index (χ2v) is 6.23. The lowest BCUT2D eigenvalue weighted by molar-refractivity contribution is -0.136. The Kier molecular flexibility index (Phi) is 4.73. The Morgan fingerprint density at radius 3 is 2.61 bits per heavy atom. The molecule has 0 saturated carbocycles. The molecular formula is C19H18N4O5. The Labute approximate surface area is 160 Å². The highest BCUT2D eigenvalue weighted by molar-refractivity contribution is 5.98. The maximum atomic E-state index is 12.2. The molecule has 2 aromatic carbocycles. The van der Waals surface area contributed by atoms with Crippen molar-refractivity contribution in [3.63, 3.8) is 0 Å². The number of carboxylic acid groups (broad SMARTS) is 1. The van der Waals surface area contributed by atoms with Crippen LogP contribution in [0, 0.1) is 0 Å². The third-order valence-electron chi connectivity index (χ3n) is 4.12. The summed E-state index contributed by atoms with van der Waals surface area (Å²) in [4.78, 5) is 22.9.